The second kappa shape index (κ2) is 6.58. The Bertz CT molecular complexity index is 982. The Morgan fingerprint density at radius 2 is 1.92 bits per heavy atom. The number of hydrogen-bond donors (Lipinski definition) is 2. The molecular formula is C16H15N3O3S2. The topological polar surface area (TPSA) is 88.2 Å². The van der Waals surface area contributed by atoms with Crippen molar-refractivity contribution in [2.75, 3.05) is 10.0 Å². The number of carbonyl (C=O) groups excluding carboxylic acids is 1. The van der Waals surface area contributed by atoms with Crippen molar-refractivity contribution < 1.29 is 13.2 Å². The van der Waals surface area contributed by atoms with Crippen LogP contribution in [0.2, 0.25) is 0 Å². The summed E-state index contributed by atoms with van der Waals surface area (Å²) in [6.45, 7) is 1.41. The third kappa shape index (κ3) is 4.09. The lowest BCUT2D eigenvalue weighted by atomic mass is 10.2. The number of rotatable bonds is 5. The largest absolute Gasteiger partial charge is 0.302 e. The van der Waals surface area contributed by atoms with Crippen molar-refractivity contribution in [3.8, 4) is 0 Å². The van der Waals surface area contributed by atoms with E-state index in [-0.39, 0.29) is 11.7 Å². The maximum Gasteiger partial charge on any atom is 0.236 e. The van der Waals surface area contributed by atoms with Crippen LogP contribution in [0.4, 0.5) is 10.8 Å². The number of aromatic nitrogens is 1. The number of amides is 1. The number of thiazole rings is 1. The molecule has 0 unspecified atom stereocenters. The van der Waals surface area contributed by atoms with Crippen LogP contribution >= 0.6 is 11.3 Å². The molecule has 8 heteroatoms. The molecule has 1 aromatic heterocycles. The van der Waals surface area contributed by atoms with Gasteiger partial charge in [-0.15, -0.1) is 0 Å². The van der Waals surface area contributed by atoms with Gasteiger partial charge in [-0.3, -0.25) is 9.52 Å². The van der Waals surface area contributed by atoms with E-state index in [1.165, 1.54) is 18.3 Å². The fourth-order valence-electron chi connectivity index (χ4n) is 2.20. The molecule has 0 fully saturated rings. The fourth-order valence-corrected chi connectivity index (χ4v) is 4.29. The first-order chi connectivity index (χ1) is 11.4. The Morgan fingerprint density at radius 3 is 2.62 bits per heavy atom. The van der Waals surface area contributed by atoms with E-state index in [4.69, 9.17) is 0 Å². The van der Waals surface area contributed by atoms with Gasteiger partial charge in [0, 0.05) is 6.92 Å². The van der Waals surface area contributed by atoms with Crippen LogP contribution in [-0.2, 0) is 20.6 Å². The number of benzene rings is 2. The highest BCUT2D eigenvalue weighted by molar-refractivity contribution is 7.91. The van der Waals surface area contributed by atoms with Gasteiger partial charge in [-0.25, -0.2) is 13.4 Å². The number of nitrogens with zero attached hydrogens (tertiary/aromatic N) is 1. The SMILES string of the molecule is CC(=O)Nc1nc2cc(NS(=O)(=O)Cc3ccccc3)ccc2s1. The third-order valence-electron chi connectivity index (χ3n) is 3.14. The van der Waals surface area contributed by atoms with Crippen LogP contribution in [0.5, 0.6) is 0 Å². The number of sulfonamides is 1. The molecule has 0 saturated heterocycles. The summed E-state index contributed by atoms with van der Waals surface area (Å²) in [5.74, 6) is -0.294. The number of hydrogen-bond acceptors (Lipinski definition) is 5. The van der Waals surface area contributed by atoms with Crippen LogP contribution in [0, 0.1) is 0 Å². The molecule has 3 aromatic rings. The monoisotopic (exact) mass is 361 g/mol. The Kier molecular flexibility index (Phi) is 4.50. The molecule has 0 aliphatic carbocycles. The van der Waals surface area contributed by atoms with Gasteiger partial charge in [0.1, 0.15) is 0 Å². The smallest absolute Gasteiger partial charge is 0.236 e. The highest BCUT2D eigenvalue weighted by atomic mass is 32.2. The first-order valence-corrected chi connectivity index (χ1v) is 9.61. The minimum Gasteiger partial charge on any atom is -0.302 e. The maximum absolute atomic E-state index is 12.3. The molecule has 2 aromatic carbocycles. The molecule has 2 N–H and O–H groups in total. The summed E-state index contributed by atoms with van der Waals surface area (Å²) in [5, 5.41) is 3.11. The van der Waals surface area contributed by atoms with Crippen molar-refractivity contribution >= 4 is 48.3 Å². The van der Waals surface area contributed by atoms with E-state index in [1.54, 1.807) is 42.5 Å². The minimum atomic E-state index is -3.51. The fraction of sp³-hybridized carbons (Fsp3) is 0.125. The minimum absolute atomic E-state index is 0.0971. The standard InChI is InChI=1S/C16H15N3O3S2/c1-11(20)17-16-18-14-9-13(7-8-15(14)23-16)19-24(21,22)10-12-5-3-2-4-6-12/h2-9,19H,10H2,1H3,(H,17,18,20). The zero-order valence-electron chi connectivity index (χ0n) is 12.8. The first-order valence-electron chi connectivity index (χ1n) is 7.14. The summed E-state index contributed by atoms with van der Waals surface area (Å²) in [4.78, 5) is 15.4. The predicted molar refractivity (Wildman–Crippen MR) is 96.6 cm³/mol. The van der Waals surface area contributed by atoms with Crippen LogP contribution in [0.1, 0.15) is 12.5 Å². The van der Waals surface area contributed by atoms with Crippen molar-refractivity contribution in [1.82, 2.24) is 4.98 Å². The molecule has 3 rings (SSSR count). The molecular weight excluding hydrogens is 346 g/mol. The van der Waals surface area contributed by atoms with Gasteiger partial charge >= 0.3 is 0 Å². The van der Waals surface area contributed by atoms with E-state index in [1.807, 2.05) is 6.07 Å². The number of anilines is 2. The molecule has 0 atom stereocenters. The Morgan fingerprint density at radius 1 is 1.17 bits per heavy atom. The van der Waals surface area contributed by atoms with Crippen molar-refractivity contribution in [3.63, 3.8) is 0 Å². The van der Waals surface area contributed by atoms with Gasteiger partial charge in [0.15, 0.2) is 5.13 Å². The summed E-state index contributed by atoms with van der Waals surface area (Å²) >= 11 is 1.33. The highest BCUT2D eigenvalue weighted by Crippen LogP contribution is 2.28. The molecule has 124 valence electrons. The van der Waals surface area contributed by atoms with Crippen molar-refractivity contribution in [3.05, 3.63) is 54.1 Å². The number of nitrogens with one attached hydrogen (secondary N) is 2. The Labute approximate surface area is 143 Å². The van der Waals surface area contributed by atoms with Crippen molar-refractivity contribution in [2.24, 2.45) is 0 Å². The predicted octanol–water partition coefficient (Wildman–Crippen LogP) is 3.20. The average Bonchev–Trinajstić information content (AvgIpc) is 2.87. The quantitative estimate of drug-likeness (QED) is 0.730. The van der Waals surface area contributed by atoms with E-state index in [2.05, 4.69) is 15.0 Å². The molecule has 0 radical (unpaired) electrons. The van der Waals surface area contributed by atoms with E-state index < -0.39 is 10.0 Å². The van der Waals surface area contributed by atoms with Gasteiger partial charge in [-0.2, -0.15) is 0 Å². The molecule has 24 heavy (non-hydrogen) atoms. The molecule has 1 amide bonds. The van der Waals surface area contributed by atoms with Crippen molar-refractivity contribution in [1.29, 1.82) is 0 Å². The van der Waals surface area contributed by atoms with Crippen LogP contribution in [-0.4, -0.2) is 19.3 Å². The summed E-state index contributed by atoms with van der Waals surface area (Å²) in [7, 11) is -3.51. The van der Waals surface area contributed by atoms with Crippen molar-refractivity contribution in [2.45, 2.75) is 12.7 Å². The van der Waals surface area contributed by atoms with E-state index >= 15 is 0 Å². The molecule has 6 nitrogen and oxygen atoms in total. The average molecular weight is 361 g/mol. The van der Waals surface area contributed by atoms with Crippen LogP contribution in [0.15, 0.2) is 48.5 Å². The molecule has 0 bridgehead atoms. The molecule has 1 heterocycles. The van der Waals surface area contributed by atoms with E-state index in [9.17, 15) is 13.2 Å². The van der Waals surface area contributed by atoms with Crippen LogP contribution in [0.3, 0.4) is 0 Å². The van der Waals surface area contributed by atoms with Crippen LogP contribution in [0.25, 0.3) is 10.2 Å². The molecule has 0 saturated carbocycles. The summed E-state index contributed by atoms with van der Waals surface area (Å²) in [6, 6.07) is 14.1. The molecule has 0 spiro atoms. The van der Waals surface area contributed by atoms with Gasteiger partial charge in [-0.1, -0.05) is 41.7 Å². The molecule has 0 aliphatic heterocycles. The highest BCUT2D eigenvalue weighted by Gasteiger charge is 2.13. The third-order valence-corrected chi connectivity index (χ3v) is 5.36. The lowest BCUT2D eigenvalue weighted by Gasteiger charge is -2.08. The normalized spacial score (nSPS) is 11.4. The zero-order chi connectivity index (χ0) is 17.2. The van der Waals surface area contributed by atoms with Gasteiger partial charge in [0.25, 0.3) is 0 Å². The Balaban J connectivity index is 1.80. The van der Waals surface area contributed by atoms with Gasteiger partial charge < -0.3 is 5.32 Å². The lowest BCUT2D eigenvalue weighted by Crippen LogP contribution is -2.14. The number of fused-ring (bicyclic) bond motifs is 1. The molecule has 0 aliphatic rings. The van der Waals surface area contributed by atoms with Gasteiger partial charge in [-0.05, 0) is 23.8 Å². The van der Waals surface area contributed by atoms with E-state index in [0.29, 0.717) is 21.9 Å². The zero-order valence-corrected chi connectivity index (χ0v) is 14.4. The second-order valence-electron chi connectivity index (χ2n) is 5.23. The Hall–Kier alpha value is -2.45. The van der Waals surface area contributed by atoms with E-state index in [0.717, 1.165) is 4.70 Å². The summed E-state index contributed by atoms with van der Waals surface area (Å²) < 4.78 is 28.0. The van der Waals surface area contributed by atoms with Gasteiger partial charge in [0.2, 0.25) is 15.9 Å². The number of carbonyl (C=O) groups is 1. The van der Waals surface area contributed by atoms with Gasteiger partial charge in [0.05, 0.1) is 21.7 Å². The summed E-state index contributed by atoms with van der Waals surface area (Å²) in [6.07, 6.45) is 0. The first kappa shape index (κ1) is 16.4. The summed E-state index contributed by atoms with van der Waals surface area (Å²) in [5.41, 5.74) is 1.79. The lowest BCUT2D eigenvalue weighted by molar-refractivity contribution is -0.114. The second-order valence-corrected chi connectivity index (χ2v) is 7.98. The van der Waals surface area contributed by atoms with Crippen LogP contribution < -0.4 is 10.0 Å². The maximum atomic E-state index is 12.3.